The van der Waals surface area contributed by atoms with Crippen molar-refractivity contribution in [3.05, 3.63) is 61.9 Å². The van der Waals surface area contributed by atoms with Crippen molar-refractivity contribution < 1.29 is 9.18 Å². The number of carbonyl (C=O) groups is 1. The Hall–Kier alpha value is -0.950. The highest BCUT2D eigenvalue weighted by Gasteiger charge is 2.09. The van der Waals surface area contributed by atoms with E-state index in [2.05, 4.69) is 21.2 Å². The maximum atomic E-state index is 13.3. The summed E-state index contributed by atoms with van der Waals surface area (Å²) in [6.07, 6.45) is 0.256. The van der Waals surface area contributed by atoms with Crippen LogP contribution < -0.4 is 5.32 Å². The third kappa shape index (κ3) is 4.01. The molecule has 0 unspecified atom stereocenters. The number of rotatable bonds is 3. The summed E-state index contributed by atoms with van der Waals surface area (Å²) in [5.74, 6) is -0.498. The highest BCUT2D eigenvalue weighted by atomic mass is 127. The van der Waals surface area contributed by atoms with E-state index in [9.17, 15) is 9.18 Å². The summed E-state index contributed by atoms with van der Waals surface area (Å²) in [4.78, 5) is 11.9. The Labute approximate surface area is 132 Å². The van der Waals surface area contributed by atoms with Crippen LogP contribution in [0.3, 0.4) is 0 Å². The highest BCUT2D eigenvalue weighted by molar-refractivity contribution is 14.1. The van der Waals surface area contributed by atoms with Gasteiger partial charge in [-0.05, 0) is 52.4 Å². The monoisotopic (exact) mass is 433 g/mol. The second kappa shape index (κ2) is 6.47. The lowest BCUT2D eigenvalue weighted by molar-refractivity contribution is -0.115. The molecule has 0 aliphatic rings. The van der Waals surface area contributed by atoms with Crippen molar-refractivity contribution >= 4 is 50.1 Å². The molecule has 0 heterocycles. The van der Waals surface area contributed by atoms with E-state index < -0.39 is 0 Å². The molecule has 98 valence electrons. The maximum absolute atomic E-state index is 13.3. The largest absolute Gasteiger partial charge is 0.325 e. The SMILES string of the molecule is O=C(Cc1cccc(Br)c1)Nc1cccc(F)c1I. The predicted molar refractivity (Wildman–Crippen MR) is 85.6 cm³/mol. The molecule has 0 aromatic heterocycles. The molecule has 2 rings (SSSR count). The number of amides is 1. The lowest BCUT2D eigenvalue weighted by atomic mass is 10.1. The molecule has 2 aromatic rings. The third-order valence-electron chi connectivity index (χ3n) is 2.48. The molecule has 0 fully saturated rings. The minimum absolute atomic E-state index is 0.165. The molecule has 0 aliphatic heterocycles. The average molecular weight is 434 g/mol. The number of halogens is 3. The number of carbonyl (C=O) groups excluding carboxylic acids is 1. The van der Waals surface area contributed by atoms with Gasteiger partial charge in [0.2, 0.25) is 5.91 Å². The molecule has 2 nitrogen and oxygen atoms in total. The number of benzene rings is 2. The predicted octanol–water partition coefficient (Wildman–Crippen LogP) is 4.37. The Balaban J connectivity index is 2.08. The van der Waals surface area contributed by atoms with E-state index >= 15 is 0 Å². The topological polar surface area (TPSA) is 29.1 Å². The van der Waals surface area contributed by atoms with Crippen LogP contribution >= 0.6 is 38.5 Å². The summed E-state index contributed by atoms with van der Waals surface area (Å²) in [6.45, 7) is 0. The summed E-state index contributed by atoms with van der Waals surface area (Å²) in [6, 6.07) is 12.2. The van der Waals surface area contributed by atoms with E-state index in [1.807, 2.05) is 46.9 Å². The summed E-state index contributed by atoms with van der Waals surface area (Å²) < 4.78 is 14.7. The molecule has 19 heavy (non-hydrogen) atoms. The second-order valence-corrected chi connectivity index (χ2v) is 5.95. The first-order valence-electron chi connectivity index (χ1n) is 5.54. The first-order valence-corrected chi connectivity index (χ1v) is 7.42. The summed E-state index contributed by atoms with van der Waals surface area (Å²) in [5, 5.41) is 2.72. The van der Waals surface area contributed by atoms with E-state index in [1.54, 1.807) is 12.1 Å². The number of anilines is 1. The van der Waals surface area contributed by atoms with Crippen molar-refractivity contribution in [2.45, 2.75) is 6.42 Å². The minimum atomic E-state index is -0.333. The molecule has 0 saturated carbocycles. The van der Waals surface area contributed by atoms with Gasteiger partial charge in [0.1, 0.15) is 5.82 Å². The Morgan fingerprint density at radius 3 is 2.74 bits per heavy atom. The van der Waals surface area contributed by atoms with Gasteiger partial charge in [-0.2, -0.15) is 0 Å². The molecule has 0 aliphatic carbocycles. The Morgan fingerprint density at radius 1 is 1.26 bits per heavy atom. The Bertz CT molecular complexity index is 618. The van der Waals surface area contributed by atoms with Crippen LogP contribution in [0.5, 0.6) is 0 Å². The summed E-state index contributed by atoms with van der Waals surface area (Å²) in [7, 11) is 0. The van der Waals surface area contributed by atoms with Gasteiger partial charge in [0.25, 0.3) is 0 Å². The van der Waals surface area contributed by atoms with Crippen LogP contribution in [0, 0.1) is 9.39 Å². The molecule has 0 bridgehead atoms. The van der Waals surface area contributed by atoms with Gasteiger partial charge in [-0.25, -0.2) is 4.39 Å². The van der Waals surface area contributed by atoms with Gasteiger partial charge < -0.3 is 5.32 Å². The molecular weight excluding hydrogens is 424 g/mol. The zero-order chi connectivity index (χ0) is 13.8. The first kappa shape index (κ1) is 14.5. The molecule has 1 N–H and O–H groups in total. The fraction of sp³-hybridized carbons (Fsp3) is 0.0714. The Kier molecular flexibility index (Phi) is 4.93. The van der Waals surface area contributed by atoms with Gasteiger partial charge in [0, 0.05) is 4.47 Å². The minimum Gasteiger partial charge on any atom is -0.325 e. The quantitative estimate of drug-likeness (QED) is 0.715. The number of hydrogen-bond donors (Lipinski definition) is 1. The van der Waals surface area contributed by atoms with Crippen LogP contribution in [0.2, 0.25) is 0 Å². The van der Waals surface area contributed by atoms with Crippen molar-refractivity contribution in [1.82, 2.24) is 0 Å². The second-order valence-electron chi connectivity index (χ2n) is 3.96. The van der Waals surface area contributed by atoms with Gasteiger partial charge in [-0.3, -0.25) is 4.79 Å². The van der Waals surface area contributed by atoms with Crippen LogP contribution in [0.15, 0.2) is 46.9 Å². The third-order valence-corrected chi connectivity index (χ3v) is 4.07. The highest BCUT2D eigenvalue weighted by Crippen LogP contribution is 2.21. The van der Waals surface area contributed by atoms with Crippen LogP contribution in [0.4, 0.5) is 10.1 Å². The smallest absolute Gasteiger partial charge is 0.228 e. The van der Waals surface area contributed by atoms with Crippen molar-refractivity contribution in [2.75, 3.05) is 5.32 Å². The van der Waals surface area contributed by atoms with Gasteiger partial charge in [-0.15, -0.1) is 0 Å². The van der Waals surface area contributed by atoms with E-state index in [-0.39, 0.29) is 18.1 Å². The van der Waals surface area contributed by atoms with E-state index in [4.69, 9.17) is 0 Å². The van der Waals surface area contributed by atoms with Crippen molar-refractivity contribution in [3.63, 3.8) is 0 Å². The zero-order valence-electron chi connectivity index (χ0n) is 9.79. The van der Waals surface area contributed by atoms with E-state index in [1.165, 1.54) is 6.07 Å². The molecule has 0 radical (unpaired) electrons. The lowest BCUT2D eigenvalue weighted by Crippen LogP contribution is -2.15. The molecule has 0 saturated heterocycles. The summed E-state index contributed by atoms with van der Waals surface area (Å²) in [5.41, 5.74) is 1.40. The summed E-state index contributed by atoms with van der Waals surface area (Å²) >= 11 is 5.23. The van der Waals surface area contributed by atoms with Crippen LogP contribution in [0.1, 0.15) is 5.56 Å². The van der Waals surface area contributed by atoms with Crippen molar-refractivity contribution in [2.24, 2.45) is 0 Å². The number of nitrogens with one attached hydrogen (secondary N) is 1. The van der Waals surface area contributed by atoms with Gasteiger partial charge >= 0.3 is 0 Å². The van der Waals surface area contributed by atoms with Gasteiger partial charge in [0.05, 0.1) is 15.7 Å². The van der Waals surface area contributed by atoms with Gasteiger partial charge in [0.15, 0.2) is 0 Å². The zero-order valence-corrected chi connectivity index (χ0v) is 13.5. The lowest BCUT2D eigenvalue weighted by Gasteiger charge is -2.08. The fourth-order valence-electron chi connectivity index (χ4n) is 1.63. The first-order chi connectivity index (χ1) is 9.06. The van der Waals surface area contributed by atoms with Crippen LogP contribution in [-0.2, 0) is 11.2 Å². The van der Waals surface area contributed by atoms with Gasteiger partial charge in [-0.1, -0.05) is 34.1 Å². The van der Waals surface area contributed by atoms with Crippen molar-refractivity contribution in [3.8, 4) is 0 Å². The standard InChI is InChI=1S/C14H10BrFINO/c15-10-4-1-3-9(7-10)8-13(19)18-12-6-2-5-11(16)14(12)17/h1-7H,8H2,(H,18,19). The maximum Gasteiger partial charge on any atom is 0.228 e. The molecule has 0 atom stereocenters. The molecule has 1 amide bonds. The molecular formula is C14H10BrFINO. The molecule has 2 aromatic carbocycles. The van der Waals surface area contributed by atoms with Crippen molar-refractivity contribution in [1.29, 1.82) is 0 Å². The average Bonchev–Trinajstić information content (AvgIpc) is 2.35. The van der Waals surface area contributed by atoms with Crippen LogP contribution in [0.25, 0.3) is 0 Å². The molecule has 5 heteroatoms. The Morgan fingerprint density at radius 2 is 2.00 bits per heavy atom. The van der Waals surface area contributed by atoms with E-state index in [0.717, 1.165) is 10.0 Å². The number of hydrogen-bond acceptors (Lipinski definition) is 1. The fourth-order valence-corrected chi connectivity index (χ4v) is 2.57. The molecule has 0 spiro atoms. The normalized spacial score (nSPS) is 10.3. The van der Waals surface area contributed by atoms with Crippen LogP contribution in [-0.4, -0.2) is 5.91 Å². The van der Waals surface area contributed by atoms with E-state index in [0.29, 0.717) is 9.26 Å².